The van der Waals surface area contributed by atoms with Gasteiger partial charge in [-0.2, -0.15) is 0 Å². The maximum Gasteiger partial charge on any atom is 0.191 e. The molecule has 0 amide bonds. The zero-order valence-electron chi connectivity index (χ0n) is 19.4. The van der Waals surface area contributed by atoms with Gasteiger partial charge in [-0.05, 0) is 25.8 Å². The number of aliphatic imine (C=N–C) groups is 1. The summed E-state index contributed by atoms with van der Waals surface area (Å²) < 4.78 is 11.1. The van der Waals surface area contributed by atoms with Crippen LogP contribution in [0.2, 0.25) is 0 Å². The predicted molar refractivity (Wildman–Crippen MR) is 124 cm³/mol. The summed E-state index contributed by atoms with van der Waals surface area (Å²) in [6, 6.07) is 9.05. The van der Waals surface area contributed by atoms with Crippen LogP contribution in [0.4, 0.5) is 0 Å². The lowest BCUT2D eigenvalue weighted by Gasteiger charge is -2.35. The van der Waals surface area contributed by atoms with E-state index in [2.05, 4.69) is 72.7 Å². The van der Waals surface area contributed by atoms with Crippen LogP contribution in [-0.4, -0.2) is 55.4 Å². The van der Waals surface area contributed by atoms with Gasteiger partial charge >= 0.3 is 0 Å². The maximum atomic E-state index is 5.58. The molecule has 2 aromatic rings. The van der Waals surface area contributed by atoms with Gasteiger partial charge in [-0.1, -0.05) is 48.8 Å². The lowest BCUT2D eigenvalue weighted by molar-refractivity contribution is 0.0170. The number of ether oxygens (including phenoxy) is 1. The average molecular weight is 428 g/mol. The van der Waals surface area contributed by atoms with E-state index >= 15 is 0 Å². The molecular weight excluding hydrogens is 390 g/mol. The van der Waals surface area contributed by atoms with E-state index in [1.165, 1.54) is 11.1 Å². The highest BCUT2D eigenvalue weighted by molar-refractivity contribution is 5.79. The second kappa shape index (κ2) is 11.9. The summed E-state index contributed by atoms with van der Waals surface area (Å²) in [4.78, 5) is 7.35. The van der Waals surface area contributed by atoms with Crippen molar-refractivity contribution in [2.24, 2.45) is 4.99 Å². The highest BCUT2D eigenvalue weighted by Gasteiger charge is 2.23. The van der Waals surface area contributed by atoms with Crippen molar-refractivity contribution in [1.82, 2.24) is 20.7 Å². The van der Waals surface area contributed by atoms with E-state index in [1.54, 1.807) is 0 Å². The molecular formula is C24H37N5O2. The van der Waals surface area contributed by atoms with Gasteiger partial charge in [0, 0.05) is 38.2 Å². The molecule has 1 fully saturated rings. The number of nitrogens with zero attached hydrogens (tertiary/aromatic N) is 3. The Morgan fingerprint density at radius 1 is 1.16 bits per heavy atom. The van der Waals surface area contributed by atoms with Crippen LogP contribution in [0, 0.1) is 6.92 Å². The molecule has 0 bridgehead atoms. The Morgan fingerprint density at radius 3 is 2.65 bits per heavy atom. The lowest BCUT2D eigenvalue weighted by Crippen LogP contribution is -2.46. The second-order valence-electron chi connectivity index (χ2n) is 7.89. The molecule has 0 saturated carbocycles. The van der Waals surface area contributed by atoms with Crippen molar-refractivity contribution >= 4 is 5.96 Å². The summed E-state index contributed by atoms with van der Waals surface area (Å²) in [6.45, 7) is 14.0. The molecule has 1 atom stereocenters. The summed E-state index contributed by atoms with van der Waals surface area (Å²) in [7, 11) is 0. The minimum absolute atomic E-state index is 0.264. The van der Waals surface area contributed by atoms with Gasteiger partial charge in [-0.15, -0.1) is 0 Å². The first kappa shape index (κ1) is 23.3. The molecule has 0 aliphatic carbocycles. The summed E-state index contributed by atoms with van der Waals surface area (Å²) in [5.74, 6) is 1.75. The van der Waals surface area contributed by atoms with Crippen LogP contribution in [0.25, 0.3) is 0 Å². The molecule has 7 nitrogen and oxygen atoms in total. The second-order valence-corrected chi connectivity index (χ2v) is 7.89. The van der Waals surface area contributed by atoms with Crippen LogP contribution >= 0.6 is 0 Å². The number of benzene rings is 1. The van der Waals surface area contributed by atoms with E-state index < -0.39 is 0 Å². The van der Waals surface area contributed by atoms with Crippen LogP contribution in [0.5, 0.6) is 0 Å². The van der Waals surface area contributed by atoms with Crippen LogP contribution in [-0.2, 0) is 24.1 Å². The Bertz CT molecular complexity index is 821. The standard InChI is InChI=1S/C24H37N5O2/c1-5-21-20(23(6-2)31-28-21)16-26-24(25-7-3)27-17-22(29-11-13-30-14-12-29)19-10-8-9-18(4)15-19/h8-10,15,22H,5-7,11-14,16-17H2,1-4H3,(H2,25,26,27). The molecule has 2 heterocycles. The van der Waals surface area contributed by atoms with Gasteiger partial charge in [-0.3, -0.25) is 4.90 Å². The average Bonchev–Trinajstić information content (AvgIpc) is 3.20. The van der Waals surface area contributed by atoms with Gasteiger partial charge in [0.15, 0.2) is 5.96 Å². The van der Waals surface area contributed by atoms with E-state index in [4.69, 9.17) is 14.3 Å². The Kier molecular flexibility index (Phi) is 8.91. The van der Waals surface area contributed by atoms with Gasteiger partial charge in [-0.25, -0.2) is 4.99 Å². The Labute approximate surface area is 186 Å². The van der Waals surface area contributed by atoms with Crippen LogP contribution < -0.4 is 10.6 Å². The number of rotatable bonds is 9. The number of hydrogen-bond donors (Lipinski definition) is 2. The summed E-state index contributed by atoms with van der Waals surface area (Å²) >= 11 is 0. The van der Waals surface area contributed by atoms with Crippen LogP contribution in [0.1, 0.15) is 55.0 Å². The normalized spacial score (nSPS) is 16.3. The predicted octanol–water partition coefficient (Wildman–Crippen LogP) is 3.24. The van der Waals surface area contributed by atoms with E-state index in [-0.39, 0.29) is 6.04 Å². The first-order chi connectivity index (χ1) is 15.2. The fourth-order valence-electron chi connectivity index (χ4n) is 4.03. The van der Waals surface area contributed by atoms with Gasteiger partial charge in [0.05, 0.1) is 31.5 Å². The Hall–Kier alpha value is -2.38. The molecule has 170 valence electrons. The summed E-state index contributed by atoms with van der Waals surface area (Å²) in [5, 5.41) is 11.2. The number of guanidine groups is 1. The molecule has 1 aliphatic heterocycles. The zero-order valence-corrected chi connectivity index (χ0v) is 19.4. The number of nitrogens with one attached hydrogen (secondary N) is 2. The largest absolute Gasteiger partial charge is 0.379 e. The van der Waals surface area contributed by atoms with Gasteiger partial charge < -0.3 is 19.9 Å². The van der Waals surface area contributed by atoms with Crippen molar-refractivity contribution in [3.05, 3.63) is 52.4 Å². The first-order valence-electron chi connectivity index (χ1n) is 11.5. The molecule has 3 rings (SSSR count). The maximum absolute atomic E-state index is 5.58. The SMILES string of the molecule is CCNC(=NCc1c(CC)noc1CC)NCC(c1cccc(C)c1)N1CCOCC1. The van der Waals surface area contributed by atoms with Gasteiger partial charge in [0.1, 0.15) is 5.76 Å². The third kappa shape index (κ3) is 6.31. The van der Waals surface area contributed by atoms with E-state index in [9.17, 15) is 0 Å². The fourth-order valence-corrected chi connectivity index (χ4v) is 4.03. The Morgan fingerprint density at radius 2 is 1.97 bits per heavy atom. The van der Waals surface area contributed by atoms with E-state index in [0.29, 0.717) is 6.54 Å². The monoisotopic (exact) mass is 427 g/mol. The van der Waals surface area contributed by atoms with Gasteiger partial charge in [0.25, 0.3) is 0 Å². The quantitative estimate of drug-likeness (QED) is 0.473. The number of hydrogen-bond acceptors (Lipinski definition) is 5. The molecule has 0 spiro atoms. The molecule has 1 aliphatic rings. The van der Waals surface area contributed by atoms with Crippen molar-refractivity contribution in [2.75, 3.05) is 39.4 Å². The molecule has 1 aromatic carbocycles. The molecule has 7 heteroatoms. The third-order valence-electron chi connectivity index (χ3n) is 5.72. The molecule has 31 heavy (non-hydrogen) atoms. The third-order valence-corrected chi connectivity index (χ3v) is 5.72. The van der Waals surface area contributed by atoms with Crippen LogP contribution in [0.3, 0.4) is 0 Å². The zero-order chi connectivity index (χ0) is 22.1. The van der Waals surface area contributed by atoms with Crippen molar-refractivity contribution in [2.45, 2.75) is 53.1 Å². The summed E-state index contributed by atoms with van der Waals surface area (Å²) in [5.41, 5.74) is 4.72. The smallest absolute Gasteiger partial charge is 0.191 e. The topological polar surface area (TPSA) is 74.9 Å². The first-order valence-corrected chi connectivity index (χ1v) is 11.5. The number of aromatic nitrogens is 1. The molecule has 1 unspecified atom stereocenters. The molecule has 1 saturated heterocycles. The highest BCUT2D eigenvalue weighted by Crippen LogP contribution is 2.22. The van der Waals surface area contributed by atoms with Crippen LogP contribution in [0.15, 0.2) is 33.8 Å². The minimum atomic E-state index is 0.264. The lowest BCUT2D eigenvalue weighted by atomic mass is 10.0. The van der Waals surface area contributed by atoms with Gasteiger partial charge in [0.2, 0.25) is 0 Å². The van der Waals surface area contributed by atoms with Crippen molar-refractivity contribution in [3.63, 3.8) is 0 Å². The highest BCUT2D eigenvalue weighted by atomic mass is 16.5. The molecule has 0 radical (unpaired) electrons. The van der Waals surface area contributed by atoms with Crippen molar-refractivity contribution in [3.8, 4) is 0 Å². The number of aryl methyl sites for hydroxylation is 3. The minimum Gasteiger partial charge on any atom is -0.379 e. The van der Waals surface area contributed by atoms with Crippen molar-refractivity contribution < 1.29 is 9.26 Å². The molecule has 2 N–H and O–H groups in total. The fraction of sp³-hybridized carbons (Fsp3) is 0.583. The number of morpholine rings is 1. The van der Waals surface area contributed by atoms with E-state index in [0.717, 1.165) is 75.2 Å². The summed E-state index contributed by atoms with van der Waals surface area (Å²) in [6.07, 6.45) is 1.68. The Balaban J connectivity index is 1.75. The van der Waals surface area contributed by atoms with E-state index in [1.807, 2.05) is 0 Å². The van der Waals surface area contributed by atoms with Crippen molar-refractivity contribution in [1.29, 1.82) is 0 Å². The molecule has 1 aromatic heterocycles.